The molecule has 60 heavy (non-hydrogen) atoms. The number of fused-ring (bicyclic) bond motifs is 5. The summed E-state index contributed by atoms with van der Waals surface area (Å²) >= 11 is 0. The van der Waals surface area contributed by atoms with Crippen LogP contribution < -0.4 is 14.5 Å². The number of benzene rings is 4. The Balaban J connectivity index is 0.00000499. The van der Waals surface area contributed by atoms with Crippen molar-refractivity contribution in [2.75, 3.05) is 9.80 Å². The monoisotopic (exact) mass is 969 g/mol. The summed E-state index contributed by atoms with van der Waals surface area (Å²) in [5.74, 6) is 4.44. The van der Waals surface area contributed by atoms with Crippen LogP contribution in [0.1, 0.15) is 80.7 Å². The van der Waals surface area contributed by atoms with Gasteiger partial charge in [0.25, 0.3) is 0 Å². The van der Waals surface area contributed by atoms with Gasteiger partial charge >= 0.3 is 6.85 Å². The fourth-order valence-electron chi connectivity index (χ4n) is 8.70. The number of nitrogens with zero attached hydrogens (tertiary/aromatic N) is 5. The third kappa shape index (κ3) is 8.01. The van der Waals surface area contributed by atoms with Gasteiger partial charge in [0.05, 0.1) is 0 Å². The van der Waals surface area contributed by atoms with Crippen molar-refractivity contribution in [1.29, 1.82) is 0 Å². The number of pyridine rings is 1. The average Bonchev–Trinajstić information content (AvgIpc) is 3.72. The molecule has 0 saturated heterocycles. The Kier molecular flexibility index (Phi) is 10.8. The average molecular weight is 970 g/mol. The minimum Gasteiger partial charge on any atom is -0.509 e. The van der Waals surface area contributed by atoms with Gasteiger partial charge in [-0.15, -0.1) is 48.1 Å². The number of anilines is 3. The van der Waals surface area contributed by atoms with E-state index in [-0.39, 0.29) is 44.2 Å². The maximum atomic E-state index is 6.65. The third-order valence-corrected chi connectivity index (χ3v) is 11.2. The number of rotatable bonds is 7. The number of aromatic nitrogens is 2. The molecular formula is C52H53BN5OPt-3. The van der Waals surface area contributed by atoms with Crippen LogP contribution in [0.4, 0.5) is 17.1 Å². The molecule has 0 spiro atoms. The van der Waals surface area contributed by atoms with Gasteiger partial charge in [-0.3, -0.25) is 0 Å². The number of ether oxygens (including phenoxy) is 1. The molecule has 6 aromatic rings. The molecule has 0 unspecified atom stereocenters. The fraction of sp³-hybridized carbons (Fsp3) is 0.269. The quantitative estimate of drug-likeness (QED) is 0.118. The SMILES string of the molecule is CC(C)(C)CC1=CN2C=CC=CB2C(CC(C)(C)C)=C1N1[CH-]N(c2[c-]c(Oc3[c-]c4c(cc3)c3ccccc3n4-c3cc(C(C)(C)C)ccn3)ccc2)c2ccccc21.[Pt]. The molecule has 0 aliphatic carbocycles. The third-order valence-electron chi connectivity index (χ3n) is 11.2. The predicted octanol–water partition coefficient (Wildman–Crippen LogP) is 13.4. The maximum absolute atomic E-state index is 6.65. The van der Waals surface area contributed by atoms with Crippen LogP contribution in [0, 0.1) is 29.6 Å². The van der Waals surface area contributed by atoms with E-state index in [1.807, 2.05) is 24.4 Å². The van der Waals surface area contributed by atoms with Crippen LogP contribution >= 0.6 is 0 Å². The van der Waals surface area contributed by atoms with Crippen LogP contribution in [0.5, 0.6) is 11.5 Å². The standard InChI is InChI=1S/C52H53BN5O.Pt/c1-50(2,3)32-36-34-55-28-15-14-26-53(55)43(33-51(4,5)6)49(36)57-35-56(45-21-12-13-22-46(45)57)38-17-16-18-39(30-38)59-40-23-24-42-41-19-10-11-20-44(41)58(47(42)31-40)48-29-37(25-27-54-48)52(7,8)9;/h10-29,34-35H,32-33H2,1-9H3;/q-3;. The van der Waals surface area contributed by atoms with E-state index in [0.29, 0.717) is 11.5 Å². The molecule has 2 aromatic heterocycles. The van der Waals surface area contributed by atoms with E-state index >= 15 is 0 Å². The first-order valence-corrected chi connectivity index (χ1v) is 20.8. The van der Waals surface area contributed by atoms with E-state index in [9.17, 15) is 0 Å². The van der Waals surface area contributed by atoms with Crippen molar-refractivity contribution in [1.82, 2.24) is 14.4 Å². The largest absolute Gasteiger partial charge is 0.509 e. The van der Waals surface area contributed by atoms with E-state index in [0.717, 1.165) is 57.5 Å². The predicted molar refractivity (Wildman–Crippen MR) is 246 cm³/mol. The molecule has 3 aliphatic rings. The Labute approximate surface area is 371 Å². The molecule has 5 heterocycles. The van der Waals surface area contributed by atoms with Crippen molar-refractivity contribution < 1.29 is 25.8 Å². The zero-order chi connectivity index (χ0) is 41.3. The van der Waals surface area contributed by atoms with Gasteiger partial charge in [0.15, 0.2) is 0 Å². The summed E-state index contributed by atoms with van der Waals surface area (Å²) in [5.41, 5.74) is 10.6. The summed E-state index contributed by atoms with van der Waals surface area (Å²) in [5, 5.41) is 2.25. The van der Waals surface area contributed by atoms with Gasteiger partial charge in [0.1, 0.15) is 5.82 Å². The molecule has 0 radical (unpaired) electrons. The van der Waals surface area contributed by atoms with Crippen LogP contribution in [-0.4, -0.2) is 21.2 Å². The van der Waals surface area contributed by atoms with Crippen LogP contribution in [-0.2, 0) is 26.5 Å². The Bertz CT molecular complexity index is 2720. The second kappa shape index (κ2) is 15.6. The number of para-hydroxylation sites is 3. The number of hydrogen-bond acceptors (Lipinski definition) is 5. The number of allylic oxidation sites excluding steroid dienone is 4. The van der Waals surface area contributed by atoms with Crippen molar-refractivity contribution in [3.8, 4) is 17.3 Å². The Morgan fingerprint density at radius 1 is 0.717 bits per heavy atom. The Hall–Kier alpha value is -5.26. The van der Waals surface area contributed by atoms with Crippen LogP contribution in [0.15, 0.2) is 144 Å². The van der Waals surface area contributed by atoms with Gasteiger partial charge in [0.2, 0.25) is 0 Å². The van der Waals surface area contributed by atoms with Crippen molar-refractivity contribution in [2.24, 2.45) is 10.8 Å². The van der Waals surface area contributed by atoms with E-state index < -0.39 is 0 Å². The maximum Gasteiger partial charge on any atom is 0.317 e. The molecule has 0 N–H and O–H groups in total. The van der Waals surface area contributed by atoms with Gasteiger partial charge in [-0.2, -0.15) is 12.1 Å². The second-order valence-corrected chi connectivity index (χ2v) is 19.6. The summed E-state index contributed by atoms with van der Waals surface area (Å²) in [6, 6.07) is 39.0. The molecule has 308 valence electrons. The topological polar surface area (TPSA) is 36.8 Å². The van der Waals surface area contributed by atoms with Gasteiger partial charge in [0, 0.05) is 61.3 Å². The molecule has 4 aromatic carbocycles. The second-order valence-electron chi connectivity index (χ2n) is 19.6. The molecular weight excluding hydrogens is 916 g/mol. The summed E-state index contributed by atoms with van der Waals surface area (Å²) in [6.45, 7) is 23.1. The van der Waals surface area contributed by atoms with Crippen LogP contribution in [0.2, 0.25) is 0 Å². The fourth-order valence-corrected chi connectivity index (χ4v) is 8.70. The molecule has 3 aliphatic heterocycles. The summed E-state index contributed by atoms with van der Waals surface area (Å²) in [7, 11) is 0. The first-order valence-electron chi connectivity index (χ1n) is 20.8. The Morgan fingerprint density at radius 3 is 2.18 bits per heavy atom. The molecule has 9 rings (SSSR count). The number of hydrogen-bond donors (Lipinski definition) is 0. The zero-order valence-electron chi connectivity index (χ0n) is 36.2. The van der Waals surface area contributed by atoms with E-state index in [1.54, 1.807) is 0 Å². The molecule has 6 nitrogen and oxygen atoms in total. The molecule has 0 fully saturated rings. The first kappa shape index (κ1) is 41.5. The van der Waals surface area contributed by atoms with Crippen molar-refractivity contribution in [3.63, 3.8) is 0 Å². The minimum atomic E-state index is -0.0153. The van der Waals surface area contributed by atoms with Gasteiger partial charge in [-0.25, -0.2) is 4.98 Å². The summed E-state index contributed by atoms with van der Waals surface area (Å²) in [6.07, 6.45) is 12.7. The summed E-state index contributed by atoms with van der Waals surface area (Å²) in [4.78, 5) is 11.9. The molecule has 8 heteroatoms. The van der Waals surface area contributed by atoms with Crippen LogP contribution in [0.3, 0.4) is 0 Å². The van der Waals surface area contributed by atoms with E-state index in [2.05, 4.69) is 204 Å². The van der Waals surface area contributed by atoms with E-state index in [4.69, 9.17) is 9.72 Å². The zero-order valence-corrected chi connectivity index (χ0v) is 38.4. The van der Waals surface area contributed by atoms with Crippen LogP contribution in [0.25, 0.3) is 27.6 Å². The smallest absolute Gasteiger partial charge is 0.317 e. The van der Waals surface area contributed by atoms with Gasteiger partial charge < -0.3 is 23.9 Å². The summed E-state index contributed by atoms with van der Waals surface area (Å²) < 4.78 is 8.85. The van der Waals surface area contributed by atoms with Gasteiger partial charge in [-0.1, -0.05) is 116 Å². The molecule has 0 saturated carbocycles. The van der Waals surface area contributed by atoms with Gasteiger partial charge in [-0.05, 0) is 94.4 Å². The van der Waals surface area contributed by atoms with E-state index in [1.165, 1.54) is 22.3 Å². The van der Waals surface area contributed by atoms with Crippen molar-refractivity contribution in [2.45, 2.75) is 80.6 Å². The first-order chi connectivity index (χ1) is 28.1. The minimum absolute atomic E-state index is 0. The molecule has 0 amide bonds. The van der Waals surface area contributed by atoms with Crippen molar-refractivity contribution in [3.05, 3.63) is 169 Å². The van der Waals surface area contributed by atoms with Crippen molar-refractivity contribution >= 4 is 45.7 Å². The normalized spacial score (nSPS) is 15.4. The Morgan fingerprint density at radius 2 is 1.43 bits per heavy atom. The molecule has 0 bridgehead atoms. The molecule has 0 atom stereocenters.